The molecule has 5 aliphatic rings. The number of carbonyl (C=O) groups is 4. The molecule has 3 saturated heterocycles. The van der Waals surface area contributed by atoms with E-state index < -0.39 is 59.6 Å². The number of nitrogens with zero attached hydrogens (tertiary/aromatic N) is 4. The van der Waals surface area contributed by atoms with Gasteiger partial charge in [0.05, 0.1) is 43.9 Å². The predicted molar refractivity (Wildman–Crippen MR) is 184 cm³/mol. The number of likely N-dealkylation sites (tertiary alicyclic amines) is 1. The monoisotopic (exact) mass is 692 g/mol. The lowest BCUT2D eigenvalue weighted by atomic mass is 9.77. The Hall–Kier alpha value is -3.58. The molecule has 0 bridgehead atoms. The zero-order valence-electron chi connectivity index (χ0n) is 29.7. The molecule has 0 saturated carbocycles. The van der Waals surface area contributed by atoms with Crippen LogP contribution in [0.1, 0.15) is 51.7 Å². The minimum atomic E-state index is -1.47. The second kappa shape index (κ2) is 15.3. The van der Waals surface area contributed by atoms with Gasteiger partial charge in [0.25, 0.3) is 0 Å². The van der Waals surface area contributed by atoms with Crippen molar-refractivity contribution in [3.05, 3.63) is 60.2 Å². The average molecular weight is 693 g/mol. The van der Waals surface area contributed by atoms with E-state index in [2.05, 4.69) is 4.90 Å². The fourth-order valence-electron chi connectivity index (χ4n) is 8.38. The second-order valence-electron chi connectivity index (χ2n) is 14.7. The van der Waals surface area contributed by atoms with E-state index >= 15 is 0 Å². The summed E-state index contributed by atoms with van der Waals surface area (Å²) in [6.45, 7) is 9.82. The fourth-order valence-corrected chi connectivity index (χ4v) is 8.38. The highest BCUT2D eigenvalue weighted by Gasteiger charge is 2.72. The van der Waals surface area contributed by atoms with Crippen LogP contribution in [0.2, 0.25) is 0 Å². The number of rotatable bonds is 8. The van der Waals surface area contributed by atoms with E-state index in [1.807, 2.05) is 69.3 Å². The fraction of sp³-hybridized carbons (Fsp3) is 0.632. The highest BCUT2D eigenvalue weighted by atomic mass is 16.6. The van der Waals surface area contributed by atoms with Crippen molar-refractivity contribution in [1.29, 1.82) is 0 Å². The minimum Gasteiger partial charge on any atom is -0.455 e. The number of fused-ring (bicyclic) bond motifs is 2. The number of aliphatic hydroxyl groups excluding tert-OH is 1. The van der Waals surface area contributed by atoms with Crippen LogP contribution in [-0.2, 0) is 33.4 Å². The summed E-state index contributed by atoms with van der Waals surface area (Å²) in [5.74, 6) is -3.38. The molecule has 0 aromatic heterocycles. The van der Waals surface area contributed by atoms with Crippen LogP contribution in [0.3, 0.4) is 0 Å². The molecule has 1 spiro atoms. The van der Waals surface area contributed by atoms with Crippen molar-refractivity contribution < 1.29 is 38.5 Å². The van der Waals surface area contributed by atoms with Gasteiger partial charge >= 0.3 is 5.97 Å². The van der Waals surface area contributed by atoms with Gasteiger partial charge in [-0.2, -0.15) is 0 Å². The van der Waals surface area contributed by atoms with Gasteiger partial charge in [-0.15, -0.1) is 0 Å². The summed E-state index contributed by atoms with van der Waals surface area (Å²) in [6, 6.07) is 7.06. The summed E-state index contributed by atoms with van der Waals surface area (Å²) in [7, 11) is 1.71. The molecule has 50 heavy (non-hydrogen) atoms. The highest BCUT2D eigenvalue weighted by Crippen LogP contribution is 2.54. The van der Waals surface area contributed by atoms with Gasteiger partial charge in [0.15, 0.2) is 0 Å². The number of cyclic esters (lactones) is 1. The molecular weight excluding hydrogens is 640 g/mol. The van der Waals surface area contributed by atoms with Crippen molar-refractivity contribution in [2.45, 2.75) is 76.0 Å². The van der Waals surface area contributed by atoms with Crippen LogP contribution in [0, 0.1) is 17.8 Å². The largest absolute Gasteiger partial charge is 0.455 e. The number of morpholine rings is 1. The Labute approximate surface area is 295 Å². The Balaban J connectivity index is 1.41. The molecule has 12 nitrogen and oxygen atoms in total. The van der Waals surface area contributed by atoms with Gasteiger partial charge in [0, 0.05) is 46.2 Å². The third-order valence-electron chi connectivity index (χ3n) is 11.1. The van der Waals surface area contributed by atoms with Crippen molar-refractivity contribution in [3.63, 3.8) is 0 Å². The summed E-state index contributed by atoms with van der Waals surface area (Å²) in [5.41, 5.74) is -0.744. The quantitative estimate of drug-likeness (QED) is 0.322. The molecule has 6 rings (SSSR count). The van der Waals surface area contributed by atoms with Crippen molar-refractivity contribution in [2.24, 2.45) is 17.8 Å². The molecule has 8 atom stereocenters. The number of hydrogen-bond acceptors (Lipinski definition) is 9. The van der Waals surface area contributed by atoms with E-state index in [1.165, 1.54) is 4.90 Å². The van der Waals surface area contributed by atoms with Gasteiger partial charge in [0.1, 0.15) is 23.7 Å². The molecule has 1 aromatic carbocycles. The molecule has 0 radical (unpaired) electrons. The molecule has 3 fully saturated rings. The Morgan fingerprint density at radius 1 is 1.00 bits per heavy atom. The molecule has 1 aromatic rings. The number of allylic oxidation sites excluding steroid dienone is 1. The van der Waals surface area contributed by atoms with Gasteiger partial charge in [-0.25, -0.2) is 0 Å². The molecule has 5 aliphatic heterocycles. The number of amides is 3. The number of carbonyl (C=O) groups excluding carboxylic acids is 4. The molecule has 3 amide bonds. The van der Waals surface area contributed by atoms with Crippen LogP contribution >= 0.6 is 0 Å². The minimum absolute atomic E-state index is 0.0837. The van der Waals surface area contributed by atoms with Gasteiger partial charge < -0.3 is 34.0 Å². The van der Waals surface area contributed by atoms with E-state index in [0.29, 0.717) is 45.7 Å². The van der Waals surface area contributed by atoms with E-state index in [1.54, 1.807) is 22.9 Å². The number of aliphatic hydroxyl groups is 1. The first-order valence-electron chi connectivity index (χ1n) is 18.1. The summed E-state index contributed by atoms with van der Waals surface area (Å²) in [5, 5.41) is 10.7. The summed E-state index contributed by atoms with van der Waals surface area (Å²) < 4.78 is 18.7. The van der Waals surface area contributed by atoms with E-state index in [-0.39, 0.29) is 30.8 Å². The van der Waals surface area contributed by atoms with Crippen molar-refractivity contribution in [1.82, 2.24) is 19.6 Å². The second-order valence-corrected chi connectivity index (χ2v) is 14.7. The zero-order chi connectivity index (χ0) is 35.6. The third kappa shape index (κ3) is 6.87. The Kier molecular flexibility index (Phi) is 11.1. The van der Waals surface area contributed by atoms with Crippen LogP contribution in [0.25, 0.3) is 0 Å². The topological polar surface area (TPSA) is 129 Å². The molecule has 1 N–H and O–H groups in total. The standard InChI is InChI=1S/C38H52N4O8/c1-25(2)23-28(24-43)42-34-36(46)41(18-17-40-19-21-48-22-20-40)16-10-15-38(34)32(35(42)45)31-29(50-38)13-8-9-14-30(44)39(4)26(3)33(49-37(31)47)27-11-6-5-7-12-27/h5-8,10-13,15,25-26,28-29,31-34,43H,9,14,16-24H2,1-4H3/b13-8-/t26-,28-,29-,31+,32+,33+,34-,38+/m1/s1. The lowest BCUT2D eigenvalue weighted by Crippen LogP contribution is -2.59. The number of esters is 1. The normalized spacial score (nSPS) is 33.7. The first-order valence-corrected chi connectivity index (χ1v) is 18.1. The molecule has 272 valence electrons. The Bertz CT molecular complexity index is 1460. The van der Waals surface area contributed by atoms with E-state index in [0.717, 1.165) is 18.7 Å². The lowest BCUT2D eigenvalue weighted by Gasteiger charge is -2.39. The van der Waals surface area contributed by atoms with Crippen LogP contribution in [0.15, 0.2) is 54.6 Å². The number of benzene rings is 1. The van der Waals surface area contributed by atoms with Crippen LogP contribution in [-0.4, -0.2) is 138 Å². The van der Waals surface area contributed by atoms with Crippen molar-refractivity contribution in [2.75, 3.05) is 59.6 Å². The molecule has 12 heteroatoms. The van der Waals surface area contributed by atoms with Crippen LogP contribution in [0.4, 0.5) is 0 Å². The SMILES string of the molecule is CC(C)C[C@H](CO)N1C(=O)[C@@H]2[C@H]3C(=O)O[C@H](c4ccccc4)[C@@H](C)N(C)C(=O)CC/C=C\[C@H]3O[C@@]23C=CCN(CCN2CCOCC2)C(=O)[C@@H]13. The smallest absolute Gasteiger partial charge is 0.313 e. The predicted octanol–water partition coefficient (Wildman–Crippen LogP) is 2.19. The van der Waals surface area contributed by atoms with Gasteiger partial charge in [0.2, 0.25) is 17.7 Å². The number of ether oxygens (including phenoxy) is 3. The number of hydrogen-bond donors (Lipinski definition) is 1. The van der Waals surface area contributed by atoms with Gasteiger partial charge in [-0.3, -0.25) is 24.1 Å². The average Bonchev–Trinajstić information content (AvgIpc) is 3.51. The molecule has 0 aliphatic carbocycles. The van der Waals surface area contributed by atoms with Crippen molar-refractivity contribution >= 4 is 23.7 Å². The third-order valence-corrected chi connectivity index (χ3v) is 11.1. The van der Waals surface area contributed by atoms with E-state index in [9.17, 15) is 24.3 Å². The lowest BCUT2D eigenvalue weighted by molar-refractivity contribution is -0.164. The van der Waals surface area contributed by atoms with Gasteiger partial charge in [-0.1, -0.05) is 68.5 Å². The Morgan fingerprint density at radius 3 is 2.44 bits per heavy atom. The van der Waals surface area contributed by atoms with Crippen LogP contribution < -0.4 is 0 Å². The first kappa shape index (κ1) is 36.2. The van der Waals surface area contributed by atoms with Crippen LogP contribution in [0.5, 0.6) is 0 Å². The summed E-state index contributed by atoms with van der Waals surface area (Å²) in [4.78, 5) is 64.6. The number of likely N-dealkylation sites (N-methyl/N-ethyl adjacent to an activating group) is 1. The highest BCUT2D eigenvalue weighted by molar-refractivity contribution is 5.99. The summed E-state index contributed by atoms with van der Waals surface area (Å²) in [6.07, 6.45) is 6.71. The van der Waals surface area contributed by atoms with Crippen molar-refractivity contribution in [3.8, 4) is 0 Å². The van der Waals surface area contributed by atoms with E-state index in [4.69, 9.17) is 14.2 Å². The molecule has 5 heterocycles. The maximum Gasteiger partial charge on any atom is 0.313 e. The maximum absolute atomic E-state index is 14.9. The summed E-state index contributed by atoms with van der Waals surface area (Å²) >= 11 is 0. The molecular formula is C38H52N4O8. The first-order chi connectivity index (χ1) is 24.1. The molecule has 0 unspecified atom stereocenters. The Morgan fingerprint density at radius 2 is 1.74 bits per heavy atom. The zero-order valence-corrected chi connectivity index (χ0v) is 29.7. The maximum atomic E-state index is 14.9. The van der Waals surface area contributed by atoms with Gasteiger partial charge in [-0.05, 0) is 31.2 Å².